The lowest BCUT2D eigenvalue weighted by Crippen LogP contribution is -1.85. The van der Waals surface area contributed by atoms with E-state index in [1.54, 1.807) is 0 Å². The van der Waals surface area contributed by atoms with E-state index in [2.05, 4.69) is 0 Å². The van der Waals surface area contributed by atoms with Crippen LogP contribution in [-0.4, -0.2) is 12.5 Å². The van der Waals surface area contributed by atoms with Crippen LogP contribution in [-0.2, 0) is 10.8 Å². The van der Waals surface area contributed by atoms with E-state index in [1.165, 1.54) is 24.1 Å². The van der Waals surface area contributed by atoms with E-state index in [1.807, 2.05) is 36.8 Å². The SMILES string of the molecule is CSOCc1ccc(OSC)cc1. The second-order valence-electron chi connectivity index (χ2n) is 2.32. The van der Waals surface area contributed by atoms with Crippen molar-refractivity contribution in [2.24, 2.45) is 0 Å². The molecule has 0 amide bonds. The van der Waals surface area contributed by atoms with Gasteiger partial charge in [-0.15, -0.1) is 0 Å². The zero-order valence-corrected chi connectivity index (χ0v) is 9.28. The summed E-state index contributed by atoms with van der Waals surface area (Å²) in [6.07, 6.45) is 3.80. The van der Waals surface area contributed by atoms with Gasteiger partial charge in [0, 0.05) is 12.5 Å². The minimum Gasteiger partial charge on any atom is -0.426 e. The molecule has 1 aromatic carbocycles. The van der Waals surface area contributed by atoms with E-state index in [4.69, 9.17) is 8.37 Å². The van der Waals surface area contributed by atoms with Crippen molar-refractivity contribution in [3.63, 3.8) is 0 Å². The van der Waals surface area contributed by atoms with Crippen LogP contribution in [0.3, 0.4) is 0 Å². The first-order chi connectivity index (χ1) is 6.36. The molecule has 0 saturated carbocycles. The van der Waals surface area contributed by atoms with Crippen molar-refractivity contribution in [2.45, 2.75) is 6.61 Å². The fraction of sp³-hybridized carbons (Fsp3) is 0.333. The second kappa shape index (κ2) is 6.18. The van der Waals surface area contributed by atoms with Crippen molar-refractivity contribution in [1.82, 2.24) is 0 Å². The Morgan fingerprint density at radius 1 is 1.08 bits per heavy atom. The van der Waals surface area contributed by atoms with Crippen LogP contribution in [0.5, 0.6) is 5.75 Å². The van der Waals surface area contributed by atoms with Crippen LogP contribution in [0.25, 0.3) is 0 Å². The minimum atomic E-state index is 0.640. The Kier molecular flexibility index (Phi) is 5.12. The van der Waals surface area contributed by atoms with Gasteiger partial charge in [-0.05, 0) is 29.7 Å². The lowest BCUT2D eigenvalue weighted by molar-refractivity contribution is 0.366. The molecule has 0 aliphatic heterocycles. The van der Waals surface area contributed by atoms with Crippen LogP contribution in [0, 0.1) is 0 Å². The van der Waals surface area contributed by atoms with E-state index < -0.39 is 0 Å². The fourth-order valence-electron chi connectivity index (χ4n) is 0.864. The molecule has 4 heteroatoms. The summed E-state index contributed by atoms with van der Waals surface area (Å²) < 4.78 is 10.4. The Bertz CT molecular complexity index is 236. The van der Waals surface area contributed by atoms with Gasteiger partial charge in [0.15, 0.2) is 0 Å². The molecular formula is C9H12O2S2. The van der Waals surface area contributed by atoms with Crippen molar-refractivity contribution in [1.29, 1.82) is 0 Å². The van der Waals surface area contributed by atoms with Crippen LogP contribution in [0.1, 0.15) is 5.56 Å². The highest BCUT2D eigenvalue weighted by Crippen LogP contribution is 2.16. The molecule has 1 aromatic rings. The van der Waals surface area contributed by atoms with Crippen molar-refractivity contribution in [3.05, 3.63) is 29.8 Å². The standard InChI is InChI=1S/C9H12O2S2/c1-12-10-7-8-3-5-9(6-4-8)11-13-2/h3-6H,7H2,1-2H3. The Balaban J connectivity index is 2.48. The molecule has 1 rings (SSSR count). The van der Waals surface area contributed by atoms with Crippen LogP contribution in [0.15, 0.2) is 24.3 Å². The lowest BCUT2D eigenvalue weighted by atomic mass is 10.2. The monoisotopic (exact) mass is 216 g/mol. The molecule has 0 bridgehead atoms. The summed E-state index contributed by atoms with van der Waals surface area (Å²) in [5.41, 5.74) is 1.16. The van der Waals surface area contributed by atoms with Crippen LogP contribution < -0.4 is 4.18 Å². The lowest BCUT2D eigenvalue weighted by Gasteiger charge is -2.02. The molecular weight excluding hydrogens is 204 g/mol. The molecule has 0 fully saturated rings. The van der Waals surface area contributed by atoms with Gasteiger partial charge in [0.05, 0.1) is 18.6 Å². The average molecular weight is 216 g/mol. The smallest absolute Gasteiger partial charge is 0.137 e. The first-order valence-electron chi connectivity index (χ1n) is 3.82. The Morgan fingerprint density at radius 2 is 1.77 bits per heavy atom. The maximum atomic E-state index is 5.24. The van der Waals surface area contributed by atoms with Crippen LogP contribution in [0.2, 0.25) is 0 Å². The summed E-state index contributed by atoms with van der Waals surface area (Å²) in [6, 6.07) is 7.88. The average Bonchev–Trinajstić information content (AvgIpc) is 2.17. The minimum absolute atomic E-state index is 0.640. The fourth-order valence-corrected chi connectivity index (χ4v) is 1.42. The highest BCUT2D eigenvalue weighted by molar-refractivity contribution is 7.94. The predicted octanol–water partition coefficient (Wildman–Crippen LogP) is 3.14. The molecule has 0 radical (unpaired) electrons. The van der Waals surface area contributed by atoms with Crippen LogP contribution >= 0.6 is 24.1 Å². The molecule has 0 atom stereocenters. The highest BCUT2D eigenvalue weighted by atomic mass is 32.2. The van der Waals surface area contributed by atoms with Gasteiger partial charge in [-0.3, -0.25) is 0 Å². The summed E-state index contributed by atoms with van der Waals surface area (Å²) in [5, 5.41) is 0. The third-order valence-corrected chi connectivity index (χ3v) is 2.16. The van der Waals surface area contributed by atoms with Gasteiger partial charge >= 0.3 is 0 Å². The molecule has 0 aliphatic rings. The van der Waals surface area contributed by atoms with Gasteiger partial charge in [0.2, 0.25) is 0 Å². The molecule has 0 aliphatic carbocycles. The number of benzene rings is 1. The summed E-state index contributed by atoms with van der Waals surface area (Å²) >= 11 is 2.72. The van der Waals surface area contributed by atoms with Crippen molar-refractivity contribution < 1.29 is 8.37 Å². The molecule has 2 nitrogen and oxygen atoms in total. The maximum Gasteiger partial charge on any atom is 0.137 e. The van der Waals surface area contributed by atoms with E-state index >= 15 is 0 Å². The quantitative estimate of drug-likeness (QED) is 0.704. The molecule has 72 valence electrons. The number of hydrogen-bond acceptors (Lipinski definition) is 4. The highest BCUT2D eigenvalue weighted by Gasteiger charge is 1.94. The van der Waals surface area contributed by atoms with E-state index in [0.29, 0.717) is 6.61 Å². The van der Waals surface area contributed by atoms with Crippen molar-refractivity contribution in [3.8, 4) is 5.75 Å². The number of hydrogen-bond donors (Lipinski definition) is 0. The van der Waals surface area contributed by atoms with Gasteiger partial charge in [-0.2, -0.15) is 0 Å². The maximum absolute atomic E-state index is 5.24. The molecule has 0 unspecified atom stereocenters. The summed E-state index contributed by atoms with van der Waals surface area (Å²) in [7, 11) is 0. The topological polar surface area (TPSA) is 18.5 Å². The molecule has 0 N–H and O–H groups in total. The third kappa shape index (κ3) is 3.93. The Labute approximate surface area is 87.4 Å². The first-order valence-corrected chi connectivity index (χ1v) is 6.12. The van der Waals surface area contributed by atoms with Gasteiger partial charge < -0.3 is 8.37 Å². The molecule has 0 aromatic heterocycles. The molecule has 0 saturated heterocycles. The summed E-state index contributed by atoms with van der Waals surface area (Å²) in [5.74, 6) is 0.875. The van der Waals surface area contributed by atoms with Crippen molar-refractivity contribution >= 4 is 24.1 Å². The second-order valence-corrected chi connectivity index (χ2v) is 3.39. The van der Waals surface area contributed by atoms with Gasteiger partial charge in [0.1, 0.15) is 5.75 Å². The van der Waals surface area contributed by atoms with E-state index in [0.717, 1.165) is 11.3 Å². The largest absolute Gasteiger partial charge is 0.426 e. The summed E-state index contributed by atoms with van der Waals surface area (Å²) in [4.78, 5) is 0. The molecule has 0 spiro atoms. The Hall–Kier alpha value is -0.320. The van der Waals surface area contributed by atoms with Crippen molar-refractivity contribution in [2.75, 3.05) is 12.5 Å². The zero-order chi connectivity index (χ0) is 9.52. The molecule has 0 heterocycles. The van der Waals surface area contributed by atoms with Gasteiger partial charge in [0.25, 0.3) is 0 Å². The third-order valence-electron chi connectivity index (χ3n) is 1.45. The first kappa shape index (κ1) is 10.8. The van der Waals surface area contributed by atoms with Gasteiger partial charge in [-0.1, -0.05) is 12.1 Å². The number of rotatable bonds is 5. The van der Waals surface area contributed by atoms with Crippen LogP contribution in [0.4, 0.5) is 0 Å². The summed E-state index contributed by atoms with van der Waals surface area (Å²) in [6.45, 7) is 0.640. The molecule has 13 heavy (non-hydrogen) atoms. The Morgan fingerprint density at radius 3 is 2.31 bits per heavy atom. The van der Waals surface area contributed by atoms with E-state index in [-0.39, 0.29) is 0 Å². The normalized spacial score (nSPS) is 10.0. The zero-order valence-electron chi connectivity index (χ0n) is 7.65. The van der Waals surface area contributed by atoms with E-state index in [9.17, 15) is 0 Å². The predicted molar refractivity (Wildman–Crippen MR) is 58.9 cm³/mol. The van der Waals surface area contributed by atoms with Gasteiger partial charge in [-0.25, -0.2) is 0 Å².